The van der Waals surface area contributed by atoms with Crippen molar-refractivity contribution in [1.29, 1.82) is 0 Å². The van der Waals surface area contributed by atoms with Crippen LogP contribution in [0.5, 0.6) is 11.5 Å². The highest BCUT2D eigenvalue weighted by Crippen LogP contribution is 2.44. The lowest BCUT2D eigenvalue weighted by Gasteiger charge is -2.23. The Kier molecular flexibility index (Phi) is 10.1. The molecule has 10 heteroatoms. The van der Waals surface area contributed by atoms with Gasteiger partial charge in [-0.2, -0.15) is 0 Å². The molecule has 1 aromatic heterocycles. The van der Waals surface area contributed by atoms with Crippen LogP contribution in [0.15, 0.2) is 66.8 Å². The number of thiazole rings is 1. The first kappa shape index (κ1) is 30.5. The minimum atomic E-state index is -1.01. The van der Waals surface area contributed by atoms with Gasteiger partial charge < -0.3 is 19.3 Å². The van der Waals surface area contributed by atoms with Crippen LogP contribution >= 0.6 is 11.3 Å². The number of benzene rings is 2. The molecule has 9 nitrogen and oxygen atoms in total. The molecule has 1 aliphatic heterocycles. The van der Waals surface area contributed by atoms with Crippen molar-refractivity contribution in [3.63, 3.8) is 0 Å². The van der Waals surface area contributed by atoms with E-state index in [4.69, 9.17) is 14.2 Å². The fourth-order valence-corrected chi connectivity index (χ4v) is 5.37. The van der Waals surface area contributed by atoms with Crippen molar-refractivity contribution in [2.75, 3.05) is 24.7 Å². The SMILES string of the molecule is C=CCOC(=O)c1sc(N2C(=O)C(=O)/C(=C(/O)c3ccc(OCCCC)cc3)C2c2ccc(OCCC)cc2)nc1C. The van der Waals surface area contributed by atoms with Crippen molar-refractivity contribution in [3.8, 4) is 11.5 Å². The van der Waals surface area contributed by atoms with E-state index in [1.165, 1.54) is 11.0 Å². The van der Waals surface area contributed by atoms with Gasteiger partial charge in [0, 0.05) is 5.56 Å². The summed E-state index contributed by atoms with van der Waals surface area (Å²) in [6.07, 6.45) is 4.20. The van der Waals surface area contributed by atoms with E-state index in [0.717, 1.165) is 30.6 Å². The van der Waals surface area contributed by atoms with Crippen LogP contribution in [0.3, 0.4) is 0 Å². The molecule has 2 aromatic carbocycles. The smallest absolute Gasteiger partial charge is 0.350 e. The summed E-state index contributed by atoms with van der Waals surface area (Å²) >= 11 is 0.942. The highest BCUT2D eigenvalue weighted by Gasteiger charge is 2.48. The summed E-state index contributed by atoms with van der Waals surface area (Å²) in [7, 11) is 0. The second kappa shape index (κ2) is 14.0. The minimum Gasteiger partial charge on any atom is -0.507 e. The largest absolute Gasteiger partial charge is 0.507 e. The molecule has 1 unspecified atom stereocenters. The molecule has 1 saturated heterocycles. The zero-order valence-corrected chi connectivity index (χ0v) is 24.7. The molecule has 2 heterocycles. The third-order valence-corrected chi connectivity index (χ3v) is 7.65. The number of esters is 1. The van der Waals surface area contributed by atoms with Gasteiger partial charge in [-0.1, -0.05) is 56.4 Å². The number of ether oxygens (including phenoxy) is 3. The maximum atomic E-state index is 13.5. The normalized spacial score (nSPS) is 16.0. The van der Waals surface area contributed by atoms with Crippen LogP contribution in [0.4, 0.5) is 5.13 Å². The number of rotatable bonds is 13. The van der Waals surface area contributed by atoms with Crippen molar-refractivity contribution in [1.82, 2.24) is 4.98 Å². The molecule has 3 aromatic rings. The molecular formula is C32H34N2O7S. The van der Waals surface area contributed by atoms with Gasteiger partial charge in [0.1, 0.15) is 28.7 Å². The van der Waals surface area contributed by atoms with Crippen LogP contribution < -0.4 is 14.4 Å². The molecule has 220 valence electrons. The fraction of sp³-hybridized carbons (Fsp3) is 0.312. The molecule has 42 heavy (non-hydrogen) atoms. The Morgan fingerprint density at radius 3 is 2.29 bits per heavy atom. The second-order valence-corrected chi connectivity index (χ2v) is 10.6. The van der Waals surface area contributed by atoms with E-state index in [9.17, 15) is 19.5 Å². The number of unbranched alkanes of at least 4 members (excludes halogenated alkanes) is 1. The number of aliphatic hydroxyl groups excluding tert-OH is 1. The van der Waals surface area contributed by atoms with Gasteiger partial charge in [-0.3, -0.25) is 14.5 Å². The van der Waals surface area contributed by atoms with Gasteiger partial charge in [-0.05, 0) is 61.7 Å². The van der Waals surface area contributed by atoms with Gasteiger partial charge >= 0.3 is 11.9 Å². The number of Topliss-reactive ketones (excluding diaryl/α,β-unsaturated/α-hetero) is 1. The molecule has 1 atom stereocenters. The summed E-state index contributed by atoms with van der Waals surface area (Å²) in [5.41, 5.74) is 1.17. The summed E-state index contributed by atoms with van der Waals surface area (Å²) in [5.74, 6) is -1.40. The molecule has 1 aliphatic rings. The first-order valence-electron chi connectivity index (χ1n) is 13.8. The molecule has 4 rings (SSSR count). The number of anilines is 1. The Morgan fingerprint density at radius 2 is 1.67 bits per heavy atom. The van der Waals surface area contributed by atoms with E-state index in [1.807, 2.05) is 6.92 Å². The predicted octanol–water partition coefficient (Wildman–Crippen LogP) is 6.39. The molecule has 1 amide bonds. The quantitative estimate of drug-likeness (QED) is 0.0608. The lowest BCUT2D eigenvalue weighted by Crippen LogP contribution is -2.29. The number of aromatic nitrogens is 1. The number of carbonyl (C=O) groups excluding carboxylic acids is 3. The molecule has 0 aliphatic carbocycles. The maximum absolute atomic E-state index is 13.5. The third kappa shape index (κ3) is 6.54. The molecular weight excluding hydrogens is 556 g/mol. The number of hydrogen-bond acceptors (Lipinski definition) is 9. The Labute approximate surface area is 249 Å². The molecule has 0 spiro atoms. The number of aryl methyl sites for hydroxylation is 1. The van der Waals surface area contributed by atoms with Crippen molar-refractivity contribution in [3.05, 3.63) is 88.5 Å². The zero-order chi connectivity index (χ0) is 30.2. The van der Waals surface area contributed by atoms with Crippen LogP contribution in [0.25, 0.3) is 5.76 Å². The highest BCUT2D eigenvalue weighted by atomic mass is 32.1. The maximum Gasteiger partial charge on any atom is 0.350 e. The lowest BCUT2D eigenvalue weighted by atomic mass is 9.95. The number of hydrogen-bond donors (Lipinski definition) is 1. The third-order valence-electron chi connectivity index (χ3n) is 6.52. The monoisotopic (exact) mass is 590 g/mol. The van der Waals surface area contributed by atoms with E-state index in [1.54, 1.807) is 55.5 Å². The number of ketones is 1. The van der Waals surface area contributed by atoms with Gasteiger partial charge in [0.2, 0.25) is 0 Å². The highest BCUT2D eigenvalue weighted by molar-refractivity contribution is 7.17. The Bertz CT molecular complexity index is 1480. The van der Waals surface area contributed by atoms with Gasteiger partial charge in [0.15, 0.2) is 5.13 Å². The average molecular weight is 591 g/mol. The van der Waals surface area contributed by atoms with Crippen LogP contribution in [0.2, 0.25) is 0 Å². The topological polar surface area (TPSA) is 115 Å². The Hall–Kier alpha value is -4.44. The van der Waals surface area contributed by atoms with Gasteiger partial charge in [-0.15, -0.1) is 0 Å². The molecule has 0 saturated carbocycles. The van der Waals surface area contributed by atoms with Crippen molar-refractivity contribution in [2.45, 2.75) is 46.1 Å². The number of nitrogens with zero attached hydrogens (tertiary/aromatic N) is 2. The molecule has 0 radical (unpaired) electrons. The zero-order valence-electron chi connectivity index (χ0n) is 23.9. The van der Waals surface area contributed by atoms with E-state index in [2.05, 4.69) is 18.5 Å². The number of aliphatic hydroxyl groups is 1. The van der Waals surface area contributed by atoms with E-state index >= 15 is 0 Å². The standard InChI is InChI=1S/C32H34N2O7S/c1-5-8-19-40-24-15-11-22(12-16-24)27(35)25-26(21-9-13-23(14-10-21)39-17-6-2)34(30(37)28(25)36)32-33-20(4)29(42-32)31(38)41-18-7-3/h7,9-16,26,35H,3,5-6,8,17-19H2,1-2,4H3/b27-25+. The molecule has 1 fully saturated rings. The van der Waals surface area contributed by atoms with Crippen molar-refractivity contribution >= 4 is 39.9 Å². The van der Waals surface area contributed by atoms with Crippen molar-refractivity contribution in [2.24, 2.45) is 0 Å². The van der Waals surface area contributed by atoms with E-state index in [-0.39, 0.29) is 27.9 Å². The minimum absolute atomic E-state index is 0.0188. The summed E-state index contributed by atoms with van der Waals surface area (Å²) in [4.78, 5) is 45.5. The van der Waals surface area contributed by atoms with Crippen molar-refractivity contribution < 1.29 is 33.7 Å². The summed E-state index contributed by atoms with van der Waals surface area (Å²) in [5, 5.41) is 11.6. The van der Waals surface area contributed by atoms with Gasteiger partial charge in [-0.25, -0.2) is 9.78 Å². The van der Waals surface area contributed by atoms with Crippen LogP contribution in [0.1, 0.15) is 65.6 Å². The van der Waals surface area contributed by atoms with Gasteiger partial charge in [0.05, 0.1) is 30.5 Å². The van der Waals surface area contributed by atoms with E-state index in [0.29, 0.717) is 41.5 Å². The van der Waals surface area contributed by atoms with Crippen LogP contribution in [0, 0.1) is 6.92 Å². The predicted molar refractivity (Wildman–Crippen MR) is 161 cm³/mol. The summed E-state index contributed by atoms with van der Waals surface area (Å²) in [6, 6.07) is 12.7. The van der Waals surface area contributed by atoms with E-state index < -0.39 is 23.7 Å². The average Bonchev–Trinajstić information content (AvgIpc) is 3.51. The first-order valence-corrected chi connectivity index (χ1v) is 14.6. The van der Waals surface area contributed by atoms with Gasteiger partial charge in [0.25, 0.3) is 5.78 Å². The Balaban J connectivity index is 1.78. The van der Waals surface area contributed by atoms with Crippen LogP contribution in [-0.2, 0) is 14.3 Å². The number of carbonyl (C=O) groups is 3. The second-order valence-electron chi connectivity index (χ2n) is 9.61. The first-order chi connectivity index (χ1) is 20.3. The summed E-state index contributed by atoms with van der Waals surface area (Å²) < 4.78 is 16.6. The fourth-order valence-electron chi connectivity index (χ4n) is 4.39. The summed E-state index contributed by atoms with van der Waals surface area (Å²) in [6.45, 7) is 10.4. The Morgan fingerprint density at radius 1 is 1.02 bits per heavy atom. The van der Waals surface area contributed by atoms with Crippen LogP contribution in [-0.4, -0.2) is 47.6 Å². The molecule has 1 N–H and O–H groups in total. The number of amides is 1. The lowest BCUT2D eigenvalue weighted by molar-refractivity contribution is -0.132. The molecule has 0 bridgehead atoms.